The number of hydrogen-bond acceptors (Lipinski definition) is 8. The Hall–Kier alpha value is -4.08. The second-order valence-electron chi connectivity index (χ2n) is 10.4. The third kappa shape index (κ3) is 12.2. The molecule has 0 aliphatic rings. The summed E-state index contributed by atoms with van der Waals surface area (Å²) in [6.07, 6.45) is 0.100. The molecule has 0 spiro atoms. The summed E-state index contributed by atoms with van der Waals surface area (Å²) >= 11 is 0. The first-order valence-corrected chi connectivity index (χ1v) is 12.3. The van der Waals surface area contributed by atoms with Crippen LogP contribution in [-0.2, 0) is 31.9 Å². The Morgan fingerprint density at radius 3 is 1.18 bits per heavy atom. The minimum absolute atomic E-state index is 0.184. The van der Waals surface area contributed by atoms with Crippen molar-refractivity contribution in [3.63, 3.8) is 0 Å². The number of hydrogen-bond donors (Lipinski definition) is 2. The predicted molar refractivity (Wildman–Crippen MR) is 140 cm³/mol. The highest BCUT2D eigenvalue weighted by Crippen LogP contribution is 2.16. The molecule has 0 aliphatic carbocycles. The van der Waals surface area contributed by atoms with Gasteiger partial charge >= 0.3 is 24.1 Å². The van der Waals surface area contributed by atoms with Crippen molar-refractivity contribution in [2.75, 3.05) is 13.1 Å². The average molecular weight is 529 g/mol. The van der Waals surface area contributed by atoms with Gasteiger partial charge in [0.25, 0.3) is 0 Å². The molecule has 10 heteroatoms. The van der Waals surface area contributed by atoms with Crippen molar-refractivity contribution in [1.29, 1.82) is 0 Å². The normalized spacial score (nSPS) is 11.2. The van der Waals surface area contributed by atoms with E-state index in [1.54, 1.807) is 90.1 Å². The van der Waals surface area contributed by atoms with Crippen LogP contribution in [0.1, 0.15) is 52.7 Å². The third-order valence-corrected chi connectivity index (χ3v) is 4.60. The number of nitrogens with one attached hydrogen (secondary N) is 2. The Labute approximate surface area is 223 Å². The Morgan fingerprint density at radius 2 is 0.895 bits per heavy atom. The molecule has 0 bridgehead atoms. The lowest BCUT2D eigenvalue weighted by Crippen LogP contribution is -2.33. The van der Waals surface area contributed by atoms with Crippen molar-refractivity contribution in [2.24, 2.45) is 0 Å². The largest absolute Gasteiger partial charge is 0.444 e. The molecule has 0 aliphatic heterocycles. The van der Waals surface area contributed by atoms with Gasteiger partial charge in [-0.25, -0.2) is 19.2 Å². The van der Waals surface area contributed by atoms with E-state index >= 15 is 0 Å². The predicted octanol–water partition coefficient (Wildman–Crippen LogP) is 4.33. The van der Waals surface area contributed by atoms with Gasteiger partial charge in [0.15, 0.2) is 0 Å². The van der Waals surface area contributed by atoms with Gasteiger partial charge < -0.3 is 29.6 Å². The van der Waals surface area contributed by atoms with Gasteiger partial charge in [0.1, 0.15) is 22.7 Å². The molecule has 206 valence electrons. The fourth-order valence-corrected chi connectivity index (χ4v) is 2.99. The number of rotatable bonds is 8. The molecule has 0 saturated carbocycles. The van der Waals surface area contributed by atoms with Crippen LogP contribution in [0, 0.1) is 0 Å². The van der Waals surface area contributed by atoms with Gasteiger partial charge in [0.2, 0.25) is 0 Å². The lowest BCUT2D eigenvalue weighted by Gasteiger charge is -2.19. The average Bonchev–Trinajstić information content (AvgIpc) is 2.79. The van der Waals surface area contributed by atoms with E-state index in [4.69, 9.17) is 18.9 Å². The Kier molecular flexibility index (Phi) is 10.7. The van der Waals surface area contributed by atoms with Crippen LogP contribution in [-0.4, -0.2) is 48.4 Å². The summed E-state index contributed by atoms with van der Waals surface area (Å²) in [5.74, 6) is -1.95. The number of alkyl carbamates (subject to hydrolysis) is 2. The van der Waals surface area contributed by atoms with Gasteiger partial charge in [-0.05, 0) is 89.8 Å². The van der Waals surface area contributed by atoms with Crippen LogP contribution in [0.5, 0.6) is 11.5 Å². The molecule has 0 atom stereocenters. The summed E-state index contributed by atoms with van der Waals surface area (Å²) in [4.78, 5) is 47.6. The minimum Gasteiger partial charge on any atom is -0.444 e. The van der Waals surface area contributed by atoms with E-state index in [2.05, 4.69) is 10.6 Å². The van der Waals surface area contributed by atoms with Crippen LogP contribution in [0.3, 0.4) is 0 Å². The van der Waals surface area contributed by atoms with Crippen LogP contribution >= 0.6 is 0 Å². The molecule has 2 aromatic carbocycles. The topological polar surface area (TPSA) is 129 Å². The smallest absolute Gasteiger partial charge is 0.423 e. The third-order valence-electron chi connectivity index (χ3n) is 4.60. The molecule has 2 amide bonds. The molecule has 2 aromatic rings. The van der Waals surface area contributed by atoms with Gasteiger partial charge in [0, 0.05) is 13.1 Å². The van der Waals surface area contributed by atoms with E-state index < -0.39 is 35.3 Å². The van der Waals surface area contributed by atoms with Crippen molar-refractivity contribution < 1.29 is 38.1 Å². The highest BCUT2D eigenvalue weighted by atomic mass is 16.6. The van der Waals surface area contributed by atoms with Crippen LogP contribution in [0.15, 0.2) is 48.5 Å². The monoisotopic (exact) mass is 528 g/mol. The first kappa shape index (κ1) is 30.1. The van der Waals surface area contributed by atoms with Gasteiger partial charge in [-0.2, -0.15) is 0 Å². The lowest BCUT2D eigenvalue weighted by molar-refractivity contribution is -0.156. The molecule has 2 rings (SSSR count). The number of ether oxygens (including phenoxy) is 4. The number of esters is 2. The summed E-state index contributed by atoms with van der Waals surface area (Å²) in [6, 6.07) is 13.1. The van der Waals surface area contributed by atoms with E-state index in [0.29, 0.717) is 25.9 Å². The zero-order valence-corrected chi connectivity index (χ0v) is 22.7. The van der Waals surface area contributed by atoms with Crippen LogP contribution in [0.4, 0.5) is 9.59 Å². The van der Waals surface area contributed by atoms with Crippen molar-refractivity contribution >= 4 is 24.1 Å². The van der Waals surface area contributed by atoms with E-state index in [-0.39, 0.29) is 11.5 Å². The Morgan fingerprint density at radius 1 is 0.579 bits per heavy atom. The Balaban J connectivity index is 1.74. The zero-order chi connectivity index (χ0) is 28.3. The SMILES string of the molecule is CC(C)(C)OC(=O)NCCc1ccc(OC(=O)C(=O)Oc2ccc(CCNC(=O)OC(C)(C)C)cc2)cc1. The fraction of sp³-hybridized carbons (Fsp3) is 0.429. The molecule has 0 fully saturated rings. The molecular formula is C28H36N2O8. The number of carbonyl (C=O) groups is 4. The quantitative estimate of drug-likeness (QED) is 0.294. The summed E-state index contributed by atoms with van der Waals surface area (Å²) in [5, 5.41) is 5.34. The molecule has 0 unspecified atom stereocenters. The second kappa shape index (κ2) is 13.5. The first-order chi connectivity index (χ1) is 17.7. The van der Waals surface area contributed by atoms with Gasteiger partial charge in [-0.1, -0.05) is 24.3 Å². The van der Waals surface area contributed by atoms with E-state index in [9.17, 15) is 19.2 Å². The van der Waals surface area contributed by atoms with Crippen molar-refractivity contribution in [3.8, 4) is 11.5 Å². The number of amides is 2. The molecule has 10 nitrogen and oxygen atoms in total. The standard InChI is InChI=1S/C28H36N2O8/c1-27(2,3)37-25(33)29-17-15-19-7-11-21(12-8-19)35-23(31)24(32)36-22-13-9-20(10-14-22)16-18-30-26(34)38-28(4,5)6/h7-14H,15-18H2,1-6H3,(H,29,33)(H,30,34). The van der Waals surface area contributed by atoms with Crippen molar-refractivity contribution in [3.05, 3.63) is 59.7 Å². The molecule has 0 radical (unpaired) electrons. The summed E-state index contributed by atoms with van der Waals surface area (Å²) < 4.78 is 20.5. The summed E-state index contributed by atoms with van der Waals surface area (Å²) in [6.45, 7) is 11.5. The highest BCUT2D eigenvalue weighted by Gasteiger charge is 2.20. The van der Waals surface area contributed by atoms with Gasteiger partial charge in [-0.3, -0.25) is 0 Å². The number of carbonyl (C=O) groups excluding carboxylic acids is 4. The van der Waals surface area contributed by atoms with Crippen molar-refractivity contribution in [1.82, 2.24) is 10.6 Å². The molecule has 0 aromatic heterocycles. The zero-order valence-electron chi connectivity index (χ0n) is 22.7. The second-order valence-corrected chi connectivity index (χ2v) is 10.4. The van der Waals surface area contributed by atoms with E-state index in [1.807, 2.05) is 0 Å². The maximum atomic E-state index is 12.1. The van der Waals surface area contributed by atoms with Crippen molar-refractivity contribution in [2.45, 2.75) is 65.6 Å². The lowest BCUT2D eigenvalue weighted by atomic mass is 10.1. The molecule has 38 heavy (non-hydrogen) atoms. The van der Waals surface area contributed by atoms with E-state index in [1.165, 1.54) is 0 Å². The summed E-state index contributed by atoms with van der Waals surface area (Å²) in [7, 11) is 0. The highest BCUT2D eigenvalue weighted by molar-refractivity contribution is 6.31. The van der Waals surface area contributed by atoms with Crippen LogP contribution in [0.2, 0.25) is 0 Å². The summed E-state index contributed by atoms with van der Waals surface area (Å²) in [5.41, 5.74) is 0.653. The maximum absolute atomic E-state index is 12.1. The Bertz CT molecular complexity index is 1010. The molecule has 2 N–H and O–H groups in total. The van der Waals surface area contributed by atoms with Crippen LogP contribution in [0.25, 0.3) is 0 Å². The molecular weight excluding hydrogens is 492 g/mol. The number of benzene rings is 2. The first-order valence-electron chi connectivity index (χ1n) is 12.3. The minimum atomic E-state index is -1.16. The van der Waals surface area contributed by atoms with Gasteiger partial charge in [0.05, 0.1) is 0 Å². The fourth-order valence-electron chi connectivity index (χ4n) is 2.99. The van der Waals surface area contributed by atoms with E-state index in [0.717, 1.165) is 11.1 Å². The van der Waals surface area contributed by atoms with Gasteiger partial charge in [-0.15, -0.1) is 0 Å². The van der Waals surface area contributed by atoms with Crippen LogP contribution < -0.4 is 20.1 Å². The molecule has 0 heterocycles. The molecule has 0 saturated heterocycles. The maximum Gasteiger partial charge on any atom is 0.423 e.